The van der Waals surface area contributed by atoms with Crippen molar-refractivity contribution in [3.63, 3.8) is 0 Å². The molecule has 5 aromatic rings. The van der Waals surface area contributed by atoms with Crippen molar-refractivity contribution in [3.8, 4) is 22.5 Å². The Kier molecular flexibility index (Phi) is 4.41. The summed E-state index contributed by atoms with van der Waals surface area (Å²) in [6.07, 6.45) is 7.16. The third-order valence-corrected chi connectivity index (χ3v) is 5.32. The van der Waals surface area contributed by atoms with E-state index in [2.05, 4.69) is 21.6 Å². The third kappa shape index (κ3) is 2.97. The summed E-state index contributed by atoms with van der Waals surface area (Å²) in [5, 5.41) is 2.10. The van der Waals surface area contributed by atoms with Crippen LogP contribution in [0.1, 0.15) is 0 Å². The van der Waals surface area contributed by atoms with Gasteiger partial charge in [-0.05, 0) is 30.3 Å². The molecule has 0 N–H and O–H groups in total. The quantitative estimate of drug-likeness (QED) is 0.358. The minimum atomic E-state index is 0.593. The van der Waals surface area contributed by atoms with Crippen LogP contribution in [0.5, 0.6) is 0 Å². The normalized spacial score (nSPS) is 11.0. The molecule has 5 rings (SSSR count). The fourth-order valence-electron chi connectivity index (χ4n) is 3.96. The number of rotatable bonds is 4. The van der Waals surface area contributed by atoms with Crippen LogP contribution in [0.25, 0.3) is 33.3 Å². The second kappa shape index (κ2) is 7.37. The summed E-state index contributed by atoms with van der Waals surface area (Å²) >= 11 is 0. The molecule has 0 atom stereocenters. The van der Waals surface area contributed by atoms with E-state index in [-0.39, 0.29) is 0 Å². The number of pyridine rings is 2. The summed E-state index contributed by atoms with van der Waals surface area (Å²) in [6.45, 7) is 0. The molecule has 0 unspecified atom stereocenters. The molecule has 0 spiro atoms. The fourth-order valence-corrected chi connectivity index (χ4v) is 3.96. The Bertz CT molecular complexity index is 1340. The van der Waals surface area contributed by atoms with E-state index in [1.54, 1.807) is 24.8 Å². The van der Waals surface area contributed by atoms with Crippen LogP contribution < -0.4 is 4.76 Å². The number of fused-ring (bicyclic) bond motifs is 1. The topological polar surface area (TPSA) is 50.8 Å². The zero-order valence-electron chi connectivity index (χ0n) is 16.4. The molecule has 0 aliphatic carbocycles. The summed E-state index contributed by atoms with van der Waals surface area (Å²) in [5.41, 5.74) is 5.45. The summed E-state index contributed by atoms with van der Waals surface area (Å²) < 4.78 is 3.14. The zero-order valence-corrected chi connectivity index (χ0v) is 16.4. The van der Waals surface area contributed by atoms with Crippen LogP contribution in [-0.4, -0.2) is 14.5 Å². The molecule has 3 heterocycles. The highest BCUT2D eigenvalue weighted by Crippen LogP contribution is 2.40. The van der Waals surface area contributed by atoms with E-state index < -0.39 is 0 Å². The number of aromatic nitrogens is 3. The number of nitrogens with zero attached hydrogens (tertiary/aromatic N) is 4. The molecular weight excluding hydrogens is 372 g/mol. The molecule has 30 heavy (non-hydrogen) atoms. The van der Waals surface area contributed by atoms with Crippen molar-refractivity contribution in [1.82, 2.24) is 19.3 Å². The first kappa shape index (κ1) is 17.9. The highest BCUT2D eigenvalue weighted by molar-refractivity contribution is 6.06. The van der Waals surface area contributed by atoms with Gasteiger partial charge in [-0.2, -0.15) is 0 Å². The molecule has 5 heteroatoms. The minimum Gasteiger partial charge on any atom is -0.343 e. The largest absolute Gasteiger partial charge is 0.343 e. The van der Waals surface area contributed by atoms with Crippen molar-refractivity contribution in [1.29, 1.82) is 0 Å². The van der Waals surface area contributed by atoms with Crippen molar-refractivity contribution in [2.24, 2.45) is 7.05 Å². The maximum absolute atomic E-state index is 13.0. The van der Waals surface area contributed by atoms with Gasteiger partial charge in [-0.1, -0.05) is 18.2 Å². The molecule has 0 fully saturated rings. The molecule has 3 aromatic heterocycles. The molecule has 0 saturated carbocycles. The molecule has 0 amide bonds. The van der Waals surface area contributed by atoms with Gasteiger partial charge >= 0.3 is 0 Å². The monoisotopic (exact) mass is 391 g/mol. The molecule has 0 radical (unpaired) electrons. The second-order valence-corrected chi connectivity index (χ2v) is 7.09. The average molecular weight is 391 g/mol. The van der Waals surface area contributed by atoms with E-state index in [1.807, 2.05) is 72.8 Å². The summed E-state index contributed by atoms with van der Waals surface area (Å²) in [4.78, 5) is 21.3. The van der Waals surface area contributed by atoms with Crippen LogP contribution in [0.3, 0.4) is 0 Å². The van der Waals surface area contributed by atoms with Gasteiger partial charge in [-0.15, -0.1) is 0 Å². The number of para-hydroxylation sites is 1. The van der Waals surface area contributed by atoms with Gasteiger partial charge in [0.25, 0.3) is 11.4 Å². The Morgan fingerprint density at radius 2 is 1.23 bits per heavy atom. The Labute approximate surface area is 173 Å². The third-order valence-electron chi connectivity index (χ3n) is 5.32. The van der Waals surface area contributed by atoms with Crippen LogP contribution in [0.4, 0.5) is 11.4 Å². The summed E-state index contributed by atoms with van der Waals surface area (Å²) in [7, 11) is 2.05. The zero-order chi connectivity index (χ0) is 20.5. The van der Waals surface area contributed by atoms with E-state index in [9.17, 15) is 4.91 Å². The fraction of sp³-hybridized carbons (Fsp3) is 0.0400. The predicted octanol–water partition coefficient (Wildman–Crippen LogP) is 5.90. The highest BCUT2D eigenvalue weighted by atomic mass is 16.3. The molecule has 0 saturated heterocycles. The Balaban J connectivity index is 1.78. The number of hydrogen-bond donors (Lipinski definition) is 0. The summed E-state index contributed by atoms with van der Waals surface area (Å²) in [5.74, 6) is 0. The second-order valence-electron chi connectivity index (χ2n) is 7.09. The number of benzene rings is 2. The highest BCUT2D eigenvalue weighted by Gasteiger charge is 2.23. The van der Waals surface area contributed by atoms with Gasteiger partial charge in [-0.25, -0.2) is 0 Å². The van der Waals surface area contributed by atoms with Crippen LogP contribution in [0, 0.1) is 4.91 Å². The lowest BCUT2D eigenvalue weighted by molar-refractivity contribution is 0.950. The van der Waals surface area contributed by atoms with Crippen molar-refractivity contribution in [2.75, 3.05) is 0 Å². The van der Waals surface area contributed by atoms with Gasteiger partial charge in [0.2, 0.25) is 0 Å². The van der Waals surface area contributed by atoms with Gasteiger partial charge in [0.05, 0.1) is 16.1 Å². The van der Waals surface area contributed by atoms with E-state index in [1.165, 1.54) is 0 Å². The Morgan fingerprint density at radius 3 is 1.83 bits per heavy atom. The number of nitroso groups, excluding NO2 is 1. The van der Waals surface area contributed by atoms with E-state index in [0.717, 1.165) is 38.0 Å². The van der Waals surface area contributed by atoms with Crippen molar-refractivity contribution in [2.45, 2.75) is 0 Å². The maximum Gasteiger partial charge on any atom is 0.264 e. The minimum absolute atomic E-state index is 0.593. The molecule has 2 aromatic carbocycles. The molecule has 0 aliphatic heterocycles. The van der Waals surface area contributed by atoms with E-state index >= 15 is 0 Å². The van der Waals surface area contributed by atoms with Crippen LogP contribution in [0.2, 0.25) is 0 Å². The van der Waals surface area contributed by atoms with E-state index in [4.69, 9.17) is 0 Å². The van der Waals surface area contributed by atoms with Crippen molar-refractivity contribution >= 4 is 22.1 Å². The first-order valence-electron chi connectivity index (χ1n) is 9.69. The standard InChI is InChI=1S/C25H19N4O/c1-28-24(18-9-13-26-14-10-18)22-8-7-21(29(30)20-5-3-2-4-6-20)17-23(22)25(28)19-11-15-27-16-12-19/h2-17H,1H3/q+1. The predicted molar refractivity (Wildman–Crippen MR) is 121 cm³/mol. The first-order chi connectivity index (χ1) is 14.7. The van der Waals surface area contributed by atoms with Gasteiger partial charge in [-0.3, -0.25) is 9.97 Å². The van der Waals surface area contributed by atoms with Crippen LogP contribution >= 0.6 is 0 Å². The lowest BCUT2D eigenvalue weighted by Gasteiger charge is -2.08. The number of hydrogen-bond acceptors (Lipinski definition) is 3. The average Bonchev–Trinajstić information content (AvgIpc) is 3.11. The molecular formula is C25H19N4O+. The lowest BCUT2D eigenvalue weighted by Crippen LogP contribution is -1.97. The SMILES string of the molecule is Cn1c(-c2ccncc2)c2ccc([N+](=O)c3ccccc3)cc2c1-c1ccncc1. The van der Waals surface area contributed by atoms with Crippen LogP contribution in [0.15, 0.2) is 97.6 Å². The van der Waals surface area contributed by atoms with Crippen molar-refractivity contribution < 1.29 is 0 Å². The van der Waals surface area contributed by atoms with Gasteiger partial charge < -0.3 is 4.57 Å². The molecule has 5 nitrogen and oxygen atoms in total. The molecule has 0 aliphatic rings. The van der Waals surface area contributed by atoms with E-state index in [0.29, 0.717) is 11.4 Å². The molecule has 0 bridgehead atoms. The van der Waals surface area contributed by atoms with Crippen molar-refractivity contribution in [3.05, 3.63) is 102 Å². The molecule has 144 valence electrons. The maximum atomic E-state index is 13.0. The lowest BCUT2D eigenvalue weighted by atomic mass is 10.0. The van der Waals surface area contributed by atoms with Gasteiger partial charge in [0, 0.05) is 82.9 Å². The first-order valence-corrected chi connectivity index (χ1v) is 9.69. The Hall–Kier alpha value is -4.12. The van der Waals surface area contributed by atoms with Crippen LogP contribution in [-0.2, 0) is 7.05 Å². The summed E-state index contributed by atoms with van der Waals surface area (Å²) in [6, 6.07) is 23.1. The Morgan fingerprint density at radius 1 is 0.667 bits per heavy atom. The van der Waals surface area contributed by atoms with Gasteiger partial charge in [0.15, 0.2) is 0 Å². The smallest absolute Gasteiger partial charge is 0.264 e. The van der Waals surface area contributed by atoms with Gasteiger partial charge in [0.1, 0.15) is 0 Å².